The number of aliphatic hydroxyl groups excluding tert-OH is 1. The molecule has 9 heteroatoms. The lowest BCUT2D eigenvalue weighted by atomic mass is 9.41. The minimum atomic E-state index is -1.26. The predicted octanol–water partition coefficient (Wildman–Crippen LogP) is 5.97. The number of carbonyl (C=O) groups excluding carboxylic acids is 1. The second kappa shape index (κ2) is 12.3. The van der Waals surface area contributed by atoms with Gasteiger partial charge in [0.05, 0.1) is 62.4 Å². The van der Waals surface area contributed by atoms with E-state index in [1.54, 1.807) is 13.8 Å². The number of carbonyl (C=O) groups is 1. The standard InChI is InChI=1S/C42H69NO8/c1-24(2)18-31(44)51-36(38(6,7)46)27-19-25(3)33-34(49-27)35(45)40(9)29-11-10-28-37(4,5)30(50-32-20-43(16-17-48-32)26-21-47-22-26)12-13-41(28)23-42(29,41)15-14-39(33,40)8/h24-30,32-36,45-46H,10-23H2,1-9H3/t25-,27?,28+,29?,30?,32+,33+,34?,35+,36?,39?,40-,41?,42?/m1/s1. The van der Waals surface area contributed by atoms with Crippen LogP contribution in [0.2, 0.25) is 0 Å². The predicted molar refractivity (Wildman–Crippen MR) is 193 cm³/mol. The van der Waals surface area contributed by atoms with E-state index in [2.05, 4.69) is 39.5 Å². The molecule has 0 aromatic rings. The first kappa shape index (κ1) is 37.1. The van der Waals surface area contributed by atoms with Crippen molar-refractivity contribution in [2.45, 2.75) is 169 Å². The molecule has 51 heavy (non-hydrogen) atoms. The summed E-state index contributed by atoms with van der Waals surface area (Å²) in [6.45, 7) is 23.8. The highest BCUT2D eigenvalue weighted by molar-refractivity contribution is 5.70. The number of nitrogens with zero attached hydrogens (tertiary/aromatic N) is 1. The average Bonchev–Trinajstić information content (AvgIpc) is 3.64. The zero-order valence-electron chi connectivity index (χ0n) is 33.1. The second-order valence-corrected chi connectivity index (χ2v) is 20.8. The highest BCUT2D eigenvalue weighted by atomic mass is 16.7. The van der Waals surface area contributed by atoms with E-state index in [4.69, 9.17) is 23.7 Å². The first-order chi connectivity index (χ1) is 23.9. The van der Waals surface area contributed by atoms with Crippen LogP contribution in [0.5, 0.6) is 0 Å². The van der Waals surface area contributed by atoms with Crippen LogP contribution in [-0.2, 0) is 28.5 Å². The Bertz CT molecular complexity index is 1340. The van der Waals surface area contributed by atoms with Crippen LogP contribution in [0.1, 0.15) is 120 Å². The lowest BCUT2D eigenvalue weighted by Gasteiger charge is -2.64. The maximum absolute atomic E-state index is 12.9. The number of esters is 1. The molecule has 5 saturated carbocycles. The van der Waals surface area contributed by atoms with Crippen molar-refractivity contribution >= 4 is 5.97 Å². The molecule has 8 unspecified atom stereocenters. The van der Waals surface area contributed by atoms with Crippen LogP contribution in [0.4, 0.5) is 0 Å². The van der Waals surface area contributed by atoms with Gasteiger partial charge in [-0.2, -0.15) is 0 Å². The van der Waals surface area contributed by atoms with E-state index in [0.29, 0.717) is 36.1 Å². The summed E-state index contributed by atoms with van der Waals surface area (Å²) in [7, 11) is 0. The van der Waals surface area contributed by atoms with E-state index in [0.717, 1.165) is 52.2 Å². The van der Waals surface area contributed by atoms with Crippen LogP contribution in [0, 0.1) is 56.7 Å². The van der Waals surface area contributed by atoms with Crippen molar-refractivity contribution in [2.75, 3.05) is 32.9 Å². The molecule has 0 aromatic heterocycles. The molecule has 14 atom stereocenters. The molecule has 8 aliphatic rings. The summed E-state index contributed by atoms with van der Waals surface area (Å²) in [5, 5.41) is 24.0. The highest BCUT2D eigenvalue weighted by Gasteiger charge is 2.84. The quantitative estimate of drug-likeness (QED) is 0.294. The smallest absolute Gasteiger partial charge is 0.306 e. The summed E-state index contributed by atoms with van der Waals surface area (Å²) in [5.41, 5.74) is -0.984. The Labute approximate surface area is 307 Å². The van der Waals surface area contributed by atoms with Gasteiger partial charge in [0.1, 0.15) is 0 Å². The summed E-state index contributed by atoms with van der Waals surface area (Å²) in [4.78, 5) is 15.4. The Morgan fingerprint density at radius 2 is 1.73 bits per heavy atom. The zero-order valence-corrected chi connectivity index (χ0v) is 33.1. The largest absolute Gasteiger partial charge is 0.457 e. The van der Waals surface area contributed by atoms with E-state index in [9.17, 15) is 15.0 Å². The Morgan fingerprint density at radius 1 is 1.02 bits per heavy atom. The van der Waals surface area contributed by atoms with E-state index in [1.165, 1.54) is 25.7 Å². The lowest BCUT2D eigenvalue weighted by molar-refractivity contribution is -0.256. The topological polar surface area (TPSA) is 107 Å². The van der Waals surface area contributed by atoms with Crippen molar-refractivity contribution < 1.29 is 38.7 Å². The second-order valence-electron chi connectivity index (χ2n) is 20.8. The monoisotopic (exact) mass is 716 g/mol. The molecule has 3 aliphatic heterocycles. The summed E-state index contributed by atoms with van der Waals surface area (Å²) in [6, 6.07) is 0.506. The number of rotatable bonds is 8. The van der Waals surface area contributed by atoms with Crippen LogP contribution in [0.25, 0.3) is 0 Å². The van der Waals surface area contributed by atoms with Gasteiger partial charge in [0, 0.05) is 18.4 Å². The average molecular weight is 716 g/mol. The molecule has 3 heterocycles. The molecule has 9 nitrogen and oxygen atoms in total. The van der Waals surface area contributed by atoms with Crippen molar-refractivity contribution in [3.63, 3.8) is 0 Å². The molecule has 0 aromatic carbocycles. The molecule has 8 rings (SSSR count). The Balaban J connectivity index is 1.01. The number of ether oxygens (including phenoxy) is 5. The van der Waals surface area contributed by atoms with Crippen molar-refractivity contribution in [3.8, 4) is 0 Å². The lowest BCUT2D eigenvalue weighted by Crippen LogP contribution is -2.60. The van der Waals surface area contributed by atoms with E-state index in [-0.39, 0.29) is 63.9 Å². The summed E-state index contributed by atoms with van der Waals surface area (Å²) >= 11 is 0. The maximum Gasteiger partial charge on any atom is 0.306 e. The van der Waals surface area contributed by atoms with E-state index < -0.39 is 23.9 Å². The fraction of sp³-hybridized carbons (Fsp3) is 0.976. The molecule has 5 aliphatic carbocycles. The van der Waals surface area contributed by atoms with Gasteiger partial charge >= 0.3 is 5.97 Å². The van der Waals surface area contributed by atoms with Gasteiger partial charge in [-0.3, -0.25) is 9.69 Å². The first-order valence-electron chi connectivity index (χ1n) is 20.7. The minimum absolute atomic E-state index is 0.0475. The van der Waals surface area contributed by atoms with Crippen molar-refractivity contribution in [2.24, 2.45) is 56.7 Å². The SMILES string of the molecule is CC(C)CC(=O)OC(C1C[C@@H](C)[C@H]2C(O1)[C@H](O)[C@@]1(C)C3CC[C@H]4C(C)(C)C(O[C@H]5CN(C6COC6)CCO5)CCC45CC35CCC21C)C(C)(C)O. The normalized spacial score (nSPS) is 49.8. The van der Waals surface area contributed by atoms with E-state index >= 15 is 0 Å². The summed E-state index contributed by atoms with van der Waals surface area (Å²) in [5.74, 6) is 1.39. The number of fused-ring (bicyclic) bond motifs is 4. The van der Waals surface area contributed by atoms with Gasteiger partial charge in [-0.1, -0.05) is 48.5 Å². The van der Waals surface area contributed by atoms with Crippen LogP contribution in [0.3, 0.4) is 0 Å². The Morgan fingerprint density at radius 3 is 2.39 bits per heavy atom. The fourth-order valence-corrected chi connectivity index (χ4v) is 14.6. The Hall–Kier alpha value is -0.810. The summed E-state index contributed by atoms with van der Waals surface area (Å²) in [6.07, 6.45) is 7.03. The molecule has 290 valence electrons. The fourth-order valence-electron chi connectivity index (χ4n) is 14.6. The molecule has 2 N–H and O–H groups in total. The molecular weight excluding hydrogens is 646 g/mol. The third-order valence-corrected chi connectivity index (χ3v) is 17.2. The van der Waals surface area contributed by atoms with Gasteiger partial charge in [0.2, 0.25) is 0 Å². The maximum atomic E-state index is 12.9. The minimum Gasteiger partial charge on any atom is -0.457 e. The van der Waals surface area contributed by atoms with Crippen LogP contribution in [-0.4, -0.2) is 102 Å². The molecule has 3 saturated heterocycles. The van der Waals surface area contributed by atoms with E-state index in [1.807, 2.05) is 13.8 Å². The highest BCUT2D eigenvalue weighted by Crippen LogP contribution is 2.89. The Kier molecular flexibility index (Phi) is 8.99. The molecule has 8 fully saturated rings. The number of hydrogen-bond acceptors (Lipinski definition) is 9. The van der Waals surface area contributed by atoms with Crippen molar-refractivity contribution in [1.82, 2.24) is 4.90 Å². The van der Waals surface area contributed by atoms with Crippen LogP contribution >= 0.6 is 0 Å². The van der Waals surface area contributed by atoms with Gasteiger partial charge in [0.25, 0.3) is 0 Å². The third kappa shape index (κ3) is 5.34. The summed E-state index contributed by atoms with van der Waals surface area (Å²) < 4.78 is 31.6. The van der Waals surface area contributed by atoms with Crippen LogP contribution in [0.15, 0.2) is 0 Å². The van der Waals surface area contributed by atoms with Crippen LogP contribution < -0.4 is 0 Å². The van der Waals surface area contributed by atoms with Gasteiger partial charge in [-0.05, 0) is 116 Å². The van der Waals surface area contributed by atoms with Gasteiger partial charge in [0.15, 0.2) is 12.4 Å². The van der Waals surface area contributed by atoms with Gasteiger partial charge < -0.3 is 33.9 Å². The number of hydrogen-bond donors (Lipinski definition) is 2. The molecule has 0 bridgehead atoms. The molecular formula is C42H69NO8. The third-order valence-electron chi connectivity index (χ3n) is 17.2. The van der Waals surface area contributed by atoms with Gasteiger partial charge in [-0.25, -0.2) is 0 Å². The molecule has 0 radical (unpaired) electrons. The zero-order chi connectivity index (χ0) is 36.5. The number of morpholine rings is 1. The van der Waals surface area contributed by atoms with Gasteiger partial charge in [-0.15, -0.1) is 0 Å². The molecule has 2 spiro atoms. The van der Waals surface area contributed by atoms with Crippen molar-refractivity contribution in [1.29, 1.82) is 0 Å². The van der Waals surface area contributed by atoms with Crippen molar-refractivity contribution in [3.05, 3.63) is 0 Å². The molecule has 0 amide bonds. The number of aliphatic hydroxyl groups is 2. The first-order valence-corrected chi connectivity index (χ1v) is 20.7.